The minimum absolute atomic E-state index is 0.0294. The largest absolute Gasteiger partial charge is 0.508 e. The van der Waals surface area contributed by atoms with Crippen LogP contribution in [0.15, 0.2) is 45.6 Å². The Bertz CT molecular complexity index is 1460. The summed E-state index contributed by atoms with van der Waals surface area (Å²) >= 11 is 0. The third-order valence-corrected chi connectivity index (χ3v) is 7.40. The highest BCUT2D eigenvalue weighted by Crippen LogP contribution is 2.45. The van der Waals surface area contributed by atoms with E-state index in [1.807, 2.05) is 0 Å². The highest BCUT2D eigenvalue weighted by Gasteiger charge is 2.51. The van der Waals surface area contributed by atoms with Gasteiger partial charge in [-0.2, -0.15) is 0 Å². The van der Waals surface area contributed by atoms with E-state index in [0.29, 0.717) is 5.56 Å². The molecule has 14 nitrogen and oxygen atoms in total. The predicted octanol–water partition coefficient (Wildman–Crippen LogP) is -1.06. The van der Waals surface area contributed by atoms with Gasteiger partial charge in [-0.05, 0) is 31.2 Å². The second kappa shape index (κ2) is 11.2. The fourth-order valence-electron chi connectivity index (χ4n) is 5.12. The van der Waals surface area contributed by atoms with Crippen molar-refractivity contribution in [3.05, 3.63) is 52.2 Å². The van der Waals surface area contributed by atoms with Crippen LogP contribution in [0.25, 0.3) is 22.3 Å². The standard InChI is InChI=1S/C27H30O14/c1-9-19(33)21(35)23(37)27(38-9)41-26-22(36)20(34)16(8-28)40-25(26)18-13(31)6-12(30)17-14(32)7-15(39-24(17)18)10-2-4-11(29)5-3-10/h2-7,9,16,19-23,25-31,33-37H,8H2,1H3/t9-,16+,19-,20+,21+,22-,23+,25+,26+,27-/m0/s1. The molecule has 0 amide bonds. The third-order valence-electron chi connectivity index (χ3n) is 7.40. The van der Waals surface area contributed by atoms with Gasteiger partial charge >= 0.3 is 0 Å². The monoisotopic (exact) mass is 578 g/mol. The highest BCUT2D eigenvalue weighted by molar-refractivity contribution is 5.89. The Morgan fingerprint density at radius 1 is 0.829 bits per heavy atom. The van der Waals surface area contributed by atoms with Crippen molar-refractivity contribution in [1.29, 1.82) is 0 Å². The van der Waals surface area contributed by atoms with Gasteiger partial charge in [0, 0.05) is 17.7 Å². The first kappa shape index (κ1) is 29.2. The maximum absolute atomic E-state index is 13.1. The van der Waals surface area contributed by atoms with Gasteiger partial charge in [-0.25, -0.2) is 0 Å². The van der Waals surface area contributed by atoms with Gasteiger partial charge in [-0.1, -0.05) is 0 Å². The molecule has 3 heterocycles. The van der Waals surface area contributed by atoms with Gasteiger partial charge in [-0.3, -0.25) is 4.79 Å². The second-order valence-corrected chi connectivity index (χ2v) is 10.1. The molecule has 2 fully saturated rings. The molecule has 222 valence electrons. The van der Waals surface area contributed by atoms with E-state index in [9.17, 15) is 50.8 Å². The van der Waals surface area contributed by atoms with Crippen LogP contribution in [0.1, 0.15) is 18.6 Å². The van der Waals surface area contributed by atoms with Crippen molar-refractivity contribution in [1.82, 2.24) is 0 Å². The first-order chi connectivity index (χ1) is 19.4. The predicted molar refractivity (Wildman–Crippen MR) is 137 cm³/mol. The van der Waals surface area contributed by atoms with E-state index in [0.717, 1.165) is 12.1 Å². The first-order valence-corrected chi connectivity index (χ1v) is 12.7. The number of aliphatic hydroxyl groups excluding tert-OH is 6. The van der Waals surface area contributed by atoms with Crippen molar-refractivity contribution in [2.75, 3.05) is 6.61 Å². The van der Waals surface area contributed by atoms with E-state index in [2.05, 4.69) is 0 Å². The van der Waals surface area contributed by atoms with Gasteiger partial charge in [0.25, 0.3) is 0 Å². The van der Waals surface area contributed by atoms with E-state index in [4.69, 9.17) is 18.6 Å². The lowest BCUT2D eigenvalue weighted by atomic mass is 9.89. The number of phenolic OH excluding ortho intramolecular Hbond substituents is 3. The molecule has 2 saturated heterocycles. The lowest BCUT2D eigenvalue weighted by Gasteiger charge is -2.46. The van der Waals surface area contributed by atoms with Gasteiger partial charge in [0.15, 0.2) is 17.3 Å². The highest BCUT2D eigenvalue weighted by atomic mass is 16.7. The van der Waals surface area contributed by atoms with Crippen LogP contribution in [0, 0.1) is 0 Å². The van der Waals surface area contributed by atoms with E-state index < -0.39 is 84.8 Å². The molecule has 3 aromatic rings. The molecule has 2 aliphatic heterocycles. The number of phenols is 3. The summed E-state index contributed by atoms with van der Waals surface area (Å²) in [7, 11) is 0. The summed E-state index contributed by atoms with van der Waals surface area (Å²) in [6.07, 6.45) is -16.0. The van der Waals surface area contributed by atoms with Crippen molar-refractivity contribution >= 4 is 11.0 Å². The number of hydrogen-bond acceptors (Lipinski definition) is 14. The summed E-state index contributed by atoms with van der Waals surface area (Å²) in [5, 5.41) is 93.0. The lowest BCUT2D eigenvalue weighted by molar-refractivity contribution is -0.338. The summed E-state index contributed by atoms with van der Waals surface area (Å²) in [5.41, 5.74) is -1.08. The van der Waals surface area contributed by atoms with E-state index in [-0.39, 0.29) is 28.0 Å². The van der Waals surface area contributed by atoms with E-state index >= 15 is 0 Å². The molecule has 0 spiro atoms. The molecule has 0 saturated carbocycles. The van der Waals surface area contributed by atoms with Crippen molar-refractivity contribution < 1.29 is 64.6 Å². The molecular weight excluding hydrogens is 548 g/mol. The lowest BCUT2D eigenvalue weighted by Crippen LogP contribution is -2.61. The Balaban J connectivity index is 1.67. The minimum atomic E-state index is -1.85. The normalized spacial score (nSPS) is 34.1. The molecule has 0 radical (unpaired) electrons. The zero-order valence-corrected chi connectivity index (χ0v) is 21.5. The van der Waals surface area contributed by atoms with Gasteiger partial charge in [0.1, 0.15) is 77.2 Å². The quantitative estimate of drug-likeness (QED) is 0.175. The number of fused-ring (bicyclic) bond motifs is 1. The fourth-order valence-corrected chi connectivity index (χ4v) is 5.12. The van der Waals surface area contributed by atoms with Crippen molar-refractivity contribution in [2.24, 2.45) is 0 Å². The number of aliphatic hydroxyl groups is 6. The molecular formula is C27H30O14. The third kappa shape index (κ3) is 5.14. The molecule has 10 atom stereocenters. The van der Waals surface area contributed by atoms with Crippen LogP contribution in [0.2, 0.25) is 0 Å². The maximum Gasteiger partial charge on any atom is 0.197 e. The smallest absolute Gasteiger partial charge is 0.197 e. The summed E-state index contributed by atoms with van der Waals surface area (Å²) in [6, 6.07) is 7.53. The number of hydrogen-bond donors (Lipinski definition) is 9. The topological polar surface area (TPSA) is 240 Å². The van der Waals surface area contributed by atoms with Crippen LogP contribution in [0.4, 0.5) is 0 Å². The molecule has 0 bridgehead atoms. The molecule has 14 heteroatoms. The van der Waals surface area contributed by atoms with Gasteiger partial charge in [0.05, 0.1) is 18.3 Å². The second-order valence-electron chi connectivity index (χ2n) is 10.1. The zero-order chi connectivity index (χ0) is 29.7. The Kier molecular flexibility index (Phi) is 7.95. The Morgan fingerprint density at radius 3 is 2.17 bits per heavy atom. The van der Waals surface area contributed by atoms with Gasteiger partial charge in [-0.15, -0.1) is 0 Å². The first-order valence-electron chi connectivity index (χ1n) is 12.7. The van der Waals surface area contributed by atoms with Crippen LogP contribution in [0.5, 0.6) is 17.2 Å². The Morgan fingerprint density at radius 2 is 1.51 bits per heavy atom. The summed E-state index contributed by atoms with van der Waals surface area (Å²) in [4.78, 5) is 13.1. The van der Waals surface area contributed by atoms with Crippen LogP contribution in [-0.2, 0) is 14.2 Å². The number of ether oxygens (including phenoxy) is 3. The number of benzene rings is 2. The molecule has 1 aromatic heterocycles. The Labute approximate surface area is 231 Å². The minimum Gasteiger partial charge on any atom is -0.508 e. The number of rotatable bonds is 5. The number of aromatic hydroxyl groups is 3. The van der Waals surface area contributed by atoms with Crippen molar-refractivity contribution in [3.63, 3.8) is 0 Å². The van der Waals surface area contributed by atoms with E-state index in [1.165, 1.54) is 31.2 Å². The van der Waals surface area contributed by atoms with Crippen molar-refractivity contribution in [2.45, 2.75) is 68.1 Å². The van der Waals surface area contributed by atoms with Crippen LogP contribution in [0.3, 0.4) is 0 Å². The van der Waals surface area contributed by atoms with Crippen LogP contribution >= 0.6 is 0 Å². The summed E-state index contributed by atoms with van der Waals surface area (Å²) < 4.78 is 23.0. The van der Waals surface area contributed by atoms with E-state index in [1.54, 1.807) is 0 Å². The van der Waals surface area contributed by atoms with Gasteiger partial charge < -0.3 is 64.6 Å². The van der Waals surface area contributed by atoms with Crippen LogP contribution < -0.4 is 5.43 Å². The molecule has 9 N–H and O–H groups in total. The van der Waals surface area contributed by atoms with Crippen LogP contribution in [-0.4, -0.2) is 108 Å². The zero-order valence-electron chi connectivity index (χ0n) is 21.5. The molecule has 5 rings (SSSR count). The Hall–Kier alpha value is -3.31. The molecule has 0 aliphatic carbocycles. The average Bonchev–Trinajstić information content (AvgIpc) is 2.93. The van der Waals surface area contributed by atoms with Gasteiger partial charge in [0.2, 0.25) is 0 Å². The molecule has 2 aliphatic rings. The summed E-state index contributed by atoms with van der Waals surface area (Å²) in [5.74, 6) is -1.39. The molecule has 2 aromatic carbocycles. The molecule has 0 unspecified atom stereocenters. The fraction of sp³-hybridized carbons (Fsp3) is 0.444. The van der Waals surface area contributed by atoms with Crippen molar-refractivity contribution in [3.8, 4) is 28.6 Å². The summed E-state index contributed by atoms with van der Waals surface area (Å²) in [6.45, 7) is 0.613. The average molecular weight is 579 g/mol. The maximum atomic E-state index is 13.1. The SMILES string of the molecule is C[C@@H]1O[C@@H](O[C@@H]2[C@@H](O)[C@H](O)[C@@H](CO)O[C@@H]2c2c(O)cc(O)c3c(=O)cc(-c4ccc(O)cc4)oc23)[C@H](O)[C@H](O)[C@H]1O. The molecule has 41 heavy (non-hydrogen) atoms.